The SMILES string of the molecule is O=C(CN1CCN(C(=O)C2CCCN2C(=O)c2cc(Cl)cc(Cl)c2)CC1)NC1CC1. The van der Waals surface area contributed by atoms with E-state index in [4.69, 9.17) is 23.2 Å². The number of nitrogens with one attached hydrogen (secondary N) is 1. The van der Waals surface area contributed by atoms with E-state index in [0.29, 0.717) is 67.3 Å². The zero-order valence-electron chi connectivity index (χ0n) is 16.8. The van der Waals surface area contributed by atoms with Crippen molar-refractivity contribution in [3.63, 3.8) is 0 Å². The highest BCUT2D eigenvalue weighted by atomic mass is 35.5. The molecule has 9 heteroatoms. The molecule has 162 valence electrons. The van der Waals surface area contributed by atoms with Gasteiger partial charge in [-0.2, -0.15) is 0 Å². The van der Waals surface area contributed by atoms with Crippen molar-refractivity contribution in [3.8, 4) is 0 Å². The molecule has 0 bridgehead atoms. The molecule has 1 N–H and O–H groups in total. The van der Waals surface area contributed by atoms with Crippen LogP contribution in [-0.2, 0) is 9.59 Å². The summed E-state index contributed by atoms with van der Waals surface area (Å²) in [5, 5.41) is 3.79. The van der Waals surface area contributed by atoms with Gasteiger partial charge in [0.2, 0.25) is 11.8 Å². The van der Waals surface area contributed by atoms with Crippen molar-refractivity contribution in [1.82, 2.24) is 20.0 Å². The van der Waals surface area contributed by atoms with Crippen LogP contribution in [0.5, 0.6) is 0 Å². The fourth-order valence-electron chi connectivity index (χ4n) is 4.15. The maximum Gasteiger partial charge on any atom is 0.254 e. The van der Waals surface area contributed by atoms with E-state index in [-0.39, 0.29) is 17.7 Å². The molecule has 3 amide bonds. The number of amides is 3. The minimum absolute atomic E-state index is 0.0175. The fraction of sp³-hybridized carbons (Fsp3) is 0.571. The molecule has 1 atom stereocenters. The Kier molecular flexibility index (Phi) is 6.51. The third-order valence-electron chi connectivity index (χ3n) is 5.90. The number of benzene rings is 1. The molecule has 1 aliphatic carbocycles. The van der Waals surface area contributed by atoms with E-state index >= 15 is 0 Å². The van der Waals surface area contributed by atoms with E-state index in [1.54, 1.807) is 23.1 Å². The van der Waals surface area contributed by atoms with Crippen molar-refractivity contribution in [2.24, 2.45) is 0 Å². The van der Waals surface area contributed by atoms with Gasteiger partial charge in [-0.1, -0.05) is 23.2 Å². The van der Waals surface area contributed by atoms with Crippen LogP contribution < -0.4 is 5.32 Å². The molecule has 0 aromatic heterocycles. The largest absolute Gasteiger partial charge is 0.352 e. The summed E-state index contributed by atoms with van der Waals surface area (Å²) in [7, 11) is 0. The molecular formula is C21H26Cl2N4O3. The van der Waals surface area contributed by atoms with Gasteiger partial charge in [0.25, 0.3) is 5.91 Å². The first-order valence-electron chi connectivity index (χ1n) is 10.5. The van der Waals surface area contributed by atoms with Crippen molar-refractivity contribution in [3.05, 3.63) is 33.8 Å². The van der Waals surface area contributed by atoms with Gasteiger partial charge in [-0.25, -0.2) is 0 Å². The van der Waals surface area contributed by atoms with Crippen molar-refractivity contribution in [2.75, 3.05) is 39.3 Å². The van der Waals surface area contributed by atoms with E-state index in [2.05, 4.69) is 10.2 Å². The average molecular weight is 453 g/mol. The van der Waals surface area contributed by atoms with Gasteiger partial charge in [-0.3, -0.25) is 19.3 Å². The van der Waals surface area contributed by atoms with Crippen molar-refractivity contribution in [1.29, 1.82) is 0 Å². The quantitative estimate of drug-likeness (QED) is 0.741. The lowest BCUT2D eigenvalue weighted by molar-refractivity contribution is -0.137. The number of hydrogen-bond donors (Lipinski definition) is 1. The number of nitrogens with zero attached hydrogens (tertiary/aromatic N) is 3. The lowest BCUT2D eigenvalue weighted by Gasteiger charge is -2.37. The van der Waals surface area contributed by atoms with E-state index in [1.165, 1.54) is 0 Å². The third kappa shape index (κ3) is 5.07. The van der Waals surface area contributed by atoms with Gasteiger partial charge in [0, 0.05) is 54.4 Å². The standard InChI is InChI=1S/C21H26Cl2N4O3/c22-15-10-14(11-16(23)12-15)20(29)27-5-1-2-18(27)21(30)26-8-6-25(7-9-26)13-19(28)24-17-3-4-17/h10-12,17-18H,1-9,13H2,(H,24,28). The average Bonchev–Trinajstić information content (AvgIpc) is 3.38. The van der Waals surface area contributed by atoms with Gasteiger partial charge in [-0.15, -0.1) is 0 Å². The Hall–Kier alpha value is -1.83. The minimum Gasteiger partial charge on any atom is -0.352 e. The van der Waals surface area contributed by atoms with Crippen LogP contribution in [0, 0.1) is 0 Å². The highest BCUT2D eigenvalue weighted by Gasteiger charge is 2.38. The molecule has 1 unspecified atom stereocenters. The zero-order valence-corrected chi connectivity index (χ0v) is 18.3. The van der Waals surface area contributed by atoms with E-state index < -0.39 is 6.04 Å². The lowest BCUT2D eigenvalue weighted by atomic mass is 10.1. The van der Waals surface area contributed by atoms with Crippen LogP contribution in [-0.4, -0.2) is 83.8 Å². The molecule has 7 nitrogen and oxygen atoms in total. The molecule has 0 radical (unpaired) electrons. The van der Waals surface area contributed by atoms with Crippen LogP contribution in [0.1, 0.15) is 36.0 Å². The molecule has 0 spiro atoms. The summed E-state index contributed by atoms with van der Waals surface area (Å²) in [6.45, 7) is 3.37. The Morgan fingerprint density at radius 1 is 0.933 bits per heavy atom. The predicted molar refractivity (Wildman–Crippen MR) is 115 cm³/mol. The molecule has 3 fully saturated rings. The molecular weight excluding hydrogens is 427 g/mol. The summed E-state index contributed by atoms with van der Waals surface area (Å²) in [5.41, 5.74) is 0.402. The first-order valence-corrected chi connectivity index (χ1v) is 11.2. The van der Waals surface area contributed by atoms with Gasteiger partial charge >= 0.3 is 0 Å². The number of rotatable bonds is 5. The number of likely N-dealkylation sites (tertiary alicyclic amines) is 1. The van der Waals surface area contributed by atoms with Gasteiger partial charge in [0.15, 0.2) is 0 Å². The number of carbonyl (C=O) groups is 3. The summed E-state index contributed by atoms with van der Waals surface area (Å²) in [5.74, 6) is -0.174. The molecule has 2 heterocycles. The van der Waals surface area contributed by atoms with E-state index in [9.17, 15) is 14.4 Å². The second kappa shape index (κ2) is 9.12. The maximum atomic E-state index is 13.1. The van der Waals surface area contributed by atoms with Crippen LogP contribution in [0.2, 0.25) is 10.0 Å². The van der Waals surface area contributed by atoms with Crippen molar-refractivity contribution in [2.45, 2.75) is 37.8 Å². The molecule has 2 saturated heterocycles. The Bertz CT molecular complexity index is 817. The molecule has 4 rings (SSSR count). The van der Waals surface area contributed by atoms with E-state index in [1.807, 2.05) is 4.90 Å². The summed E-state index contributed by atoms with van der Waals surface area (Å²) in [4.78, 5) is 43.7. The van der Waals surface area contributed by atoms with Gasteiger partial charge in [0.1, 0.15) is 6.04 Å². The molecule has 2 aliphatic heterocycles. The summed E-state index contributed by atoms with van der Waals surface area (Å²) >= 11 is 12.1. The van der Waals surface area contributed by atoms with Crippen molar-refractivity contribution < 1.29 is 14.4 Å². The number of piperazine rings is 1. The monoisotopic (exact) mass is 452 g/mol. The topological polar surface area (TPSA) is 73.0 Å². The fourth-order valence-corrected chi connectivity index (χ4v) is 4.68. The second-order valence-corrected chi connectivity index (χ2v) is 9.13. The lowest BCUT2D eigenvalue weighted by Crippen LogP contribution is -2.55. The normalized spacial score (nSPS) is 22.3. The first-order chi connectivity index (χ1) is 14.4. The third-order valence-corrected chi connectivity index (χ3v) is 6.34. The van der Waals surface area contributed by atoms with Gasteiger partial charge in [0.05, 0.1) is 6.54 Å². The van der Waals surface area contributed by atoms with Crippen LogP contribution in [0.15, 0.2) is 18.2 Å². The van der Waals surface area contributed by atoms with Crippen molar-refractivity contribution >= 4 is 40.9 Å². The summed E-state index contributed by atoms with van der Waals surface area (Å²) in [6.07, 6.45) is 3.60. The molecule has 1 aromatic rings. The first kappa shape index (κ1) is 21.4. The maximum absolute atomic E-state index is 13.1. The van der Waals surface area contributed by atoms with Gasteiger partial charge in [-0.05, 0) is 43.9 Å². The highest BCUT2D eigenvalue weighted by molar-refractivity contribution is 6.35. The number of hydrogen-bond acceptors (Lipinski definition) is 4. The summed E-state index contributed by atoms with van der Waals surface area (Å²) in [6, 6.07) is 4.65. The molecule has 3 aliphatic rings. The van der Waals surface area contributed by atoms with Crippen LogP contribution in [0.3, 0.4) is 0 Å². The Morgan fingerprint density at radius 3 is 2.23 bits per heavy atom. The second-order valence-electron chi connectivity index (χ2n) is 8.26. The number of carbonyl (C=O) groups excluding carboxylic acids is 3. The number of halogens is 2. The molecule has 1 aromatic carbocycles. The minimum atomic E-state index is -0.458. The van der Waals surface area contributed by atoms with Gasteiger partial charge < -0.3 is 15.1 Å². The Balaban J connectivity index is 1.33. The zero-order chi connectivity index (χ0) is 21.3. The highest BCUT2D eigenvalue weighted by Crippen LogP contribution is 2.26. The Labute approximate surface area is 186 Å². The van der Waals surface area contributed by atoms with E-state index in [0.717, 1.165) is 19.3 Å². The van der Waals surface area contributed by atoms with Crippen LogP contribution in [0.25, 0.3) is 0 Å². The molecule has 30 heavy (non-hydrogen) atoms. The van der Waals surface area contributed by atoms with Crippen LogP contribution >= 0.6 is 23.2 Å². The summed E-state index contributed by atoms with van der Waals surface area (Å²) < 4.78 is 0. The van der Waals surface area contributed by atoms with Crippen LogP contribution in [0.4, 0.5) is 0 Å². The molecule has 1 saturated carbocycles. The predicted octanol–water partition coefficient (Wildman–Crippen LogP) is 2.02. The Morgan fingerprint density at radius 2 is 1.60 bits per heavy atom. The smallest absolute Gasteiger partial charge is 0.254 e.